The molecule has 0 radical (unpaired) electrons. The second-order valence-corrected chi connectivity index (χ2v) is 8.16. The quantitative estimate of drug-likeness (QED) is 0.810. The van der Waals surface area contributed by atoms with Crippen LogP contribution in [0.3, 0.4) is 0 Å². The summed E-state index contributed by atoms with van der Waals surface area (Å²) in [4.78, 5) is 1.73. The highest BCUT2D eigenvalue weighted by Crippen LogP contribution is 2.23. The van der Waals surface area contributed by atoms with Crippen molar-refractivity contribution in [2.45, 2.75) is 11.4 Å². The molecule has 3 rings (SSSR count). The van der Waals surface area contributed by atoms with Crippen LogP contribution in [0.4, 0.5) is 8.78 Å². The van der Waals surface area contributed by atoms with Crippen LogP contribution >= 0.6 is 11.6 Å². The topological polar surface area (TPSA) is 40.6 Å². The molecule has 1 heterocycles. The summed E-state index contributed by atoms with van der Waals surface area (Å²) >= 11 is 6.03. The van der Waals surface area contributed by atoms with Crippen molar-refractivity contribution in [2.24, 2.45) is 0 Å². The molecule has 0 amide bonds. The Labute approximate surface area is 150 Å². The molecule has 2 aromatic rings. The minimum Gasteiger partial charge on any atom is -0.296 e. The maximum atomic E-state index is 13.8. The van der Waals surface area contributed by atoms with Crippen molar-refractivity contribution >= 4 is 21.6 Å². The fourth-order valence-corrected chi connectivity index (χ4v) is 4.53. The number of rotatable bonds is 4. The molecular formula is C17H17ClF2N2O2S. The van der Waals surface area contributed by atoms with E-state index in [2.05, 4.69) is 0 Å². The summed E-state index contributed by atoms with van der Waals surface area (Å²) in [7, 11) is -3.85. The van der Waals surface area contributed by atoms with Gasteiger partial charge in [-0.05, 0) is 29.8 Å². The van der Waals surface area contributed by atoms with Gasteiger partial charge in [0.1, 0.15) is 16.5 Å². The molecular weight excluding hydrogens is 370 g/mol. The van der Waals surface area contributed by atoms with Crippen molar-refractivity contribution in [1.82, 2.24) is 9.21 Å². The molecule has 1 aliphatic rings. The molecule has 1 saturated heterocycles. The Hall–Kier alpha value is -1.54. The highest BCUT2D eigenvalue weighted by molar-refractivity contribution is 7.89. The molecule has 25 heavy (non-hydrogen) atoms. The lowest BCUT2D eigenvalue weighted by molar-refractivity contribution is 0.181. The van der Waals surface area contributed by atoms with Crippen LogP contribution < -0.4 is 0 Å². The van der Waals surface area contributed by atoms with E-state index in [1.807, 2.05) is 4.90 Å². The van der Waals surface area contributed by atoms with Gasteiger partial charge in [0, 0.05) is 37.7 Å². The van der Waals surface area contributed by atoms with Crippen LogP contribution in [0, 0.1) is 11.6 Å². The lowest BCUT2D eigenvalue weighted by Crippen LogP contribution is -2.48. The van der Waals surface area contributed by atoms with Gasteiger partial charge in [-0.2, -0.15) is 4.31 Å². The molecule has 0 unspecified atom stereocenters. The molecule has 134 valence electrons. The molecule has 0 aliphatic carbocycles. The van der Waals surface area contributed by atoms with E-state index in [-0.39, 0.29) is 18.0 Å². The molecule has 0 bridgehead atoms. The molecule has 8 heteroatoms. The first-order chi connectivity index (χ1) is 11.9. The molecule has 0 saturated carbocycles. The van der Waals surface area contributed by atoms with Gasteiger partial charge >= 0.3 is 0 Å². The largest absolute Gasteiger partial charge is 0.296 e. The third kappa shape index (κ3) is 4.00. The first kappa shape index (κ1) is 18.3. The number of sulfonamides is 1. The Kier molecular flexibility index (Phi) is 5.38. The molecule has 0 aromatic heterocycles. The van der Waals surface area contributed by atoms with Crippen molar-refractivity contribution in [3.8, 4) is 0 Å². The summed E-state index contributed by atoms with van der Waals surface area (Å²) in [6, 6.07) is 9.60. The summed E-state index contributed by atoms with van der Waals surface area (Å²) in [5.41, 5.74) is 0.786. The van der Waals surface area contributed by atoms with E-state index in [0.29, 0.717) is 24.7 Å². The number of nitrogens with zero attached hydrogens (tertiary/aromatic N) is 2. The van der Waals surface area contributed by atoms with Gasteiger partial charge in [0.25, 0.3) is 0 Å². The zero-order valence-electron chi connectivity index (χ0n) is 13.3. The van der Waals surface area contributed by atoms with E-state index in [1.54, 1.807) is 6.07 Å². The van der Waals surface area contributed by atoms with Crippen molar-refractivity contribution in [1.29, 1.82) is 0 Å². The zero-order valence-corrected chi connectivity index (χ0v) is 14.9. The molecule has 0 atom stereocenters. The van der Waals surface area contributed by atoms with Gasteiger partial charge < -0.3 is 0 Å². The first-order valence-electron chi connectivity index (χ1n) is 7.79. The molecule has 2 aromatic carbocycles. The van der Waals surface area contributed by atoms with E-state index in [1.165, 1.54) is 34.6 Å². The van der Waals surface area contributed by atoms with E-state index in [9.17, 15) is 17.2 Å². The minimum absolute atomic E-state index is 0.259. The van der Waals surface area contributed by atoms with Gasteiger partial charge in [-0.25, -0.2) is 17.2 Å². The van der Waals surface area contributed by atoms with Gasteiger partial charge in [0.2, 0.25) is 10.0 Å². The normalized spacial score (nSPS) is 16.9. The third-order valence-corrected chi connectivity index (χ3v) is 6.48. The highest BCUT2D eigenvalue weighted by atomic mass is 35.5. The van der Waals surface area contributed by atoms with Crippen LogP contribution in [0.25, 0.3) is 0 Å². The second kappa shape index (κ2) is 7.37. The molecule has 1 aliphatic heterocycles. The summed E-state index contributed by atoms with van der Waals surface area (Å²) in [5, 5.41) is 0.349. The second-order valence-electron chi connectivity index (χ2n) is 5.85. The van der Waals surface area contributed by atoms with Crippen LogP contribution in [0.2, 0.25) is 5.02 Å². The van der Waals surface area contributed by atoms with E-state index in [4.69, 9.17) is 11.6 Å². The van der Waals surface area contributed by atoms with Crippen LogP contribution in [0.5, 0.6) is 0 Å². The molecule has 0 spiro atoms. The molecule has 4 nitrogen and oxygen atoms in total. The fourth-order valence-electron chi connectivity index (χ4n) is 2.81. The SMILES string of the molecule is O=S(=O)(c1ccccc1F)N1CCN(Cc2ccc(F)cc2Cl)CC1. The number of hydrogen-bond donors (Lipinski definition) is 0. The minimum atomic E-state index is -3.85. The number of piperazine rings is 1. The van der Waals surface area contributed by atoms with Crippen molar-refractivity contribution in [3.05, 3.63) is 64.7 Å². The Bertz CT molecular complexity index is 869. The Morgan fingerprint density at radius 2 is 1.68 bits per heavy atom. The number of benzene rings is 2. The highest BCUT2D eigenvalue weighted by Gasteiger charge is 2.30. The maximum absolute atomic E-state index is 13.8. The smallest absolute Gasteiger partial charge is 0.246 e. The van der Waals surface area contributed by atoms with E-state index >= 15 is 0 Å². The summed E-state index contributed by atoms with van der Waals surface area (Å²) in [6.07, 6.45) is 0. The summed E-state index contributed by atoms with van der Waals surface area (Å²) in [5.74, 6) is -1.14. The van der Waals surface area contributed by atoms with Gasteiger partial charge in [0.15, 0.2) is 0 Å². The fraction of sp³-hybridized carbons (Fsp3) is 0.294. The average Bonchev–Trinajstić information content (AvgIpc) is 2.58. The van der Waals surface area contributed by atoms with Crippen LogP contribution in [-0.4, -0.2) is 43.8 Å². The zero-order chi connectivity index (χ0) is 18.0. The van der Waals surface area contributed by atoms with Crippen molar-refractivity contribution in [2.75, 3.05) is 26.2 Å². The average molecular weight is 387 g/mol. The van der Waals surface area contributed by atoms with Crippen LogP contribution in [0.15, 0.2) is 47.4 Å². The van der Waals surface area contributed by atoms with Crippen LogP contribution in [0.1, 0.15) is 5.56 Å². The Morgan fingerprint density at radius 3 is 2.32 bits per heavy atom. The molecule has 0 N–H and O–H groups in total. The van der Waals surface area contributed by atoms with Gasteiger partial charge in [-0.3, -0.25) is 4.90 Å². The number of halogens is 3. The Balaban J connectivity index is 1.66. The Morgan fingerprint density at radius 1 is 1.00 bits per heavy atom. The van der Waals surface area contributed by atoms with Crippen molar-refractivity contribution in [3.63, 3.8) is 0 Å². The van der Waals surface area contributed by atoms with Gasteiger partial charge in [0.05, 0.1) is 0 Å². The summed E-state index contributed by atoms with van der Waals surface area (Å²) < 4.78 is 53.3. The maximum Gasteiger partial charge on any atom is 0.246 e. The third-order valence-electron chi connectivity index (χ3n) is 4.19. The predicted molar refractivity (Wildman–Crippen MR) is 91.8 cm³/mol. The van der Waals surface area contributed by atoms with Gasteiger partial charge in [-0.15, -0.1) is 0 Å². The van der Waals surface area contributed by atoms with Crippen LogP contribution in [-0.2, 0) is 16.6 Å². The standard InChI is InChI=1S/C17H17ClF2N2O2S/c18-15-11-14(19)6-5-13(15)12-21-7-9-22(10-8-21)25(23,24)17-4-2-1-3-16(17)20/h1-6,11H,7-10,12H2. The lowest BCUT2D eigenvalue weighted by Gasteiger charge is -2.34. The summed E-state index contributed by atoms with van der Waals surface area (Å²) in [6.45, 7) is 2.00. The van der Waals surface area contributed by atoms with E-state index < -0.39 is 21.7 Å². The predicted octanol–water partition coefficient (Wildman–Crippen LogP) is 3.12. The van der Waals surface area contributed by atoms with E-state index in [0.717, 1.165) is 11.6 Å². The lowest BCUT2D eigenvalue weighted by atomic mass is 10.2. The van der Waals surface area contributed by atoms with Gasteiger partial charge in [-0.1, -0.05) is 29.8 Å². The van der Waals surface area contributed by atoms with Crippen molar-refractivity contribution < 1.29 is 17.2 Å². The number of hydrogen-bond acceptors (Lipinski definition) is 3. The molecule has 1 fully saturated rings. The monoisotopic (exact) mass is 386 g/mol. The first-order valence-corrected chi connectivity index (χ1v) is 9.61.